The van der Waals surface area contributed by atoms with E-state index in [0.29, 0.717) is 29.9 Å². The van der Waals surface area contributed by atoms with Crippen molar-refractivity contribution in [2.45, 2.75) is 31.2 Å². The molecule has 1 heterocycles. The molecule has 2 atom stereocenters. The summed E-state index contributed by atoms with van der Waals surface area (Å²) in [6.45, 7) is 5.18. The molecule has 0 saturated carbocycles. The highest BCUT2D eigenvalue weighted by molar-refractivity contribution is 7.89. The highest BCUT2D eigenvalue weighted by Gasteiger charge is 2.32. The Morgan fingerprint density at radius 2 is 2.11 bits per heavy atom. The van der Waals surface area contributed by atoms with Crippen molar-refractivity contribution in [2.24, 2.45) is 5.92 Å². The Bertz CT molecular complexity index is 542. The van der Waals surface area contributed by atoms with Crippen LogP contribution in [-0.4, -0.2) is 38.9 Å². The van der Waals surface area contributed by atoms with Crippen LogP contribution in [0, 0.1) is 12.8 Å². The van der Waals surface area contributed by atoms with Crippen molar-refractivity contribution in [3.63, 3.8) is 0 Å². The first-order chi connectivity index (χ1) is 8.95. The third kappa shape index (κ3) is 2.99. The van der Waals surface area contributed by atoms with E-state index in [2.05, 4.69) is 12.2 Å². The van der Waals surface area contributed by atoms with Crippen molar-refractivity contribution in [2.75, 3.05) is 20.1 Å². The lowest BCUT2D eigenvalue weighted by Gasteiger charge is -2.36. The van der Waals surface area contributed by atoms with E-state index in [-0.39, 0.29) is 0 Å². The van der Waals surface area contributed by atoms with E-state index in [1.54, 1.807) is 22.5 Å². The molecule has 0 bridgehead atoms. The molecule has 1 fully saturated rings. The summed E-state index contributed by atoms with van der Waals surface area (Å²) >= 11 is 0. The summed E-state index contributed by atoms with van der Waals surface area (Å²) in [7, 11) is -1.41. The SMILES string of the molecule is CNC1CCN(S(=O)(=O)c2cccc(C)c2)CC1C. The first-order valence-electron chi connectivity index (χ1n) is 6.69. The molecule has 1 saturated heterocycles. The fourth-order valence-corrected chi connectivity index (χ4v) is 4.34. The van der Waals surface area contributed by atoms with Crippen LogP contribution in [0.3, 0.4) is 0 Å². The lowest BCUT2D eigenvalue weighted by molar-refractivity contribution is 0.228. The molecule has 1 N–H and O–H groups in total. The highest BCUT2D eigenvalue weighted by Crippen LogP contribution is 2.24. The van der Waals surface area contributed by atoms with Gasteiger partial charge in [0.1, 0.15) is 0 Å². The molecule has 0 aromatic heterocycles. The average Bonchev–Trinajstić information content (AvgIpc) is 2.38. The number of aryl methyl sites for hydroxylation is 1. The Balaban J connectivity index is 2.22. The summed E-state index contributed by atoms with van der Waals surface area (Å²) in [5, 5.41) is 3.25. The fraction of sp³-hybridized carbons (Fsp3) is 0.571. The molecule has 4 nitrogen and oxygen atoms in total. The van der Waals surface area contributed by atoms with E-state index in [9.17, 15) is 8.42 Å². The number of hydrogen-bond donors (Lipinski definition) is 1. The average molecular weight is 282 g/mol. The zero-order valence-electron chi connectivity index (χ0n) is 11.8. The minimum Gasteiger partial charge on any atom is -0.317 e. The first-order valence-corrected chi connectivity index (χ1v) is 8.13. The van der Waals surface area contributed by atoms with Crippen molar-refractivity contribution in [1.29, 1.82) is 0 Å². The van der Waals surface area contributed by atoms with Crippen molar-refractivity contribution in [3.8, 4) is 0 Å². The van der Waals surface area contributed by atoms with Gasteiger partial charge in [-0.25, -0.2) is 8.42 Å². The Kier molecular flexibility index (Phi) is 4.28. The summed E-state index contributed by atoms with van der Waals surface area (Å²) < 4.78 is 26.8. The van der Waals surface area contributed by atoms with E-state index >= 15 is 0 Å². The van der Waals surface area contributed by atoms with Gasteiger partial charge < -0.3 is 5.32 Å². The first kappa shape index (κ1) is 14.5. The lowest BCUT2D eigenvalue weighted by Crippen LogP contribution is -2.49. The molecule has 5 heteroatoms. The van der Waals surface area contributed by atoms with Crippen molar-refractivity contribution >= 4 is 10.0 Å². The zero-order chi connectivity index (χ0) is 14.0. The maximum atomic E-state index is 12.6. The molecule has 0 aliphatic carbocycles. The van der Waals surface area contributed by atoms with Crippen LogP contribution in [0.1, 0.15) is 18.9 Å². The minimum absolute atomic E-state index is 0.332. The Morgan fingerprint density at radius 1 is 1.37 bits per heavy atom. The van der Waals surface area contributed by atoms with Crippen LogP contribution in [-0.2, 0) is 10.0 Å². The van der Waals surface area contributed by atoms with Gasteiger partial charge in [0.05, 0.1) is 4.90 Å². The number of rotatable bonds is 3. The Morgan fingerprint density at radius 3 is 2.68 bits per heavy atom. The van der Waals surface area contributed by atoms with Gasteiger partial charge in [0.25, 0.3) is 0 Å². The number of piperidine rings is 1. The van der Waals surface area contributed by atoms with Gasteiger partial charge in [0.15, 0.2) is 0 Å². The van der Waals surface area contributed by atoms with Gasteiger partial charge in [-0.2, -0.15) is 4.31 Å². The molecule has 1 aliphatic rings. The molecule has 1 aromatic rings. The predicted molar refractivity (Wildman–Crippen MR) is 76.6 cm³/mol. The van der Waals surface area contributed by atoms with E-state index in [0.717, 1.165) is 12.0 Å². The molecule has 2 unspecified atom stereocenters. The summed E-state index contributed by atoms with van der Waals surface area (Å²) in [4.78, 5) is 0.405. The van der Waals surface area contributed by atoms with E-state index in [1.165, 1.54) is 0 Å². The molecule has 1 aliphatic heterocycles. The van der Waals surface area contributed by atoms with Crippen LogP contribution in [0.5, 0.6) is 0 Å². The number of benzene rings is 1. The minimum atomic E-state index is -3.34. The standard InChI is InChI=1S/C14H22N2O2S/c1-11-5-4-6-13(9-11)19(17,18)16-8-7-14(15-3)12(2)10-16/h4-6,9,12,14-15H,7-8,10H2,1-3H3. The summed E-state index contributed by atoms with van der Waals surface area (Å²) in [6.07, 6.45) is 0.864. The lowest BCUT2D eigenvalue weighted by atomic mass is 9.96. The maximum Gasteiger partial charge on any atom is 0.243 e. The monoisotopic (exact) mass is 282 g/mol. The van der Waals surface area contributed by atoms with Crippen LogP contribution >= 0.6 is 0 Å². The summed E-state index contributed by atoms with van der Waals surface area (Å²) in [5.41, 5.74) is 0.972. The van der Waals surface area contributed by atoms with Crippen LogP contribution < -0.4 is 5.32 Å². The van der Waals surface area contributed by atoms with Crippen molar-refractivity contribution in [3.05, 3.63) is 29.8 Å². The van der Waals surface area contributed by atoms with E-state index in [1.807, 2.05) is 20.0 Å². The van der Waals surface area contributed by atoms with Crippen LogP contribution in [0.15, 0.2) is 29.2 Å². The van der Waals surface area contributed by atoms with Crippen LogP contribution in [0.2, 0.25) is 0 Å². The second kappa shape index (κ2) is 5.61. The predicted octanol–water partition coefficient (Wildman–Crippen LogP) is 1.61. The molecule has 2 rings (SSSR count). The molecular weight excluding hydrogens is 260 g/mol. The van der Waals surface area contributed by atoms with Crippen molar-refractivity contribution in [1.82, 2.24) is 9.62 Å². The van der Waals surface area contributed by atoms with Gasteiger partial charge in [0.2, 0.25) is 10.0 Å². The number of nitrogens with one attached hydrogen (secondary N) is 1. The second-order valence-electron chi connectivity index (χ2n) is 5.34. The summed E-state index contributed by atoms with van der Waals surface area (Å²) in [6, 6.07) is 7.53. The third-order valence-corrected chi connectivity index (χ3v) is 5.73. The van der Waals surface area contributed by atoms with E-state index in [4.69, 9.17) is 0 Å². The van der Waals surface area contributed by atoms with Gasteiger partial charge in [0, 0.05) is 19.1 Å². The highest BCUT2D eigenvalue weighted by atomic mass is 32.2. The fourth-order valence-electron chi connectivity index (χ4n) is 2.68. The Labute approximate surface area is 115 Å². The van der Waals surface area contributed by atoms with Crippen LogP contribution in [0.4, 0.5) is 0 Å². The van der Waals surface area contributed by atoms with Crippen molar-refractivity contribution < 1.29 is 8.42 Å². The largest absolute Gasteiger partial charge is 0.317 e. The smallest absolute Gasteiger partial charge is 0.243 e. The number of hydrogen-bond acceptors (Lipinski definition) is 3. The van der Waals surface area contributed by atoms with Gasteiger partial charge >= 0.3 is 0 Å². The third-order valence-electron chi connectivity index (χ3n) is 3.87. The van der Waals surface area contributed by atoms with Gasteiger partial charge in [-0.3, -0.25) is 0 Å². The van der Waals surface area contributed by atoms with Crippen LogP contribution in [0.25, 0.3) is 0 Å². The molecule has 0 spiro atoms. The quantitative estimate of drug-likeness (QED) is 0.916. The molecule has 0 radical (unpaired) electrons. The zero-order valence-corrected chi connectivity index (χ0v) is 12.6. The maximum absolute atomic E-state index is 12.6. The molecule has 19 heavy (non-hydrogen) atoms. The van der Waals surface area contributed by atoms with Gasteiger partial charge in [-0.15, -0.1) is 0 Å². The molecule has 0 amide bonds. The molecular formula is C14H22N2O2S. The second-order valence-corrected chi connectivity index (χ2v) is 7.28. The van der Waals surface area contributed by atoms with Gasteiger partial charge in [-0.05, 0) is 44.0 Å². The topological polar surface area (TPSA) is 49.4 Å². The normalized spacial score (nSPS) is 25.4. The number of nitrogens with zero attached hydrogens (tertiary/aromatic N) is 1. The number of sulfonamides is 1. The molecule has 1 aromatic carbocycles. The van der Waals surface area contributed by atoms with E-state index < -0.39 is 10.0 Å². The molecule has 106 valence electrons. The summed E-state index contributed by atoms with van der Waals surface area (Å²) in [5.74, 6) is 0.332. The van der Waals surface area contributed by atoms with Gasteiger partial charge in [-0.1, -0.05) is 19.1 Å². The Hall–Kier alpha value is -0.910.